The summed E-state index contributed by atoms with van der Waals surface area (Å²) in [5, 5.41) is 3.03. The van der Waals surface area contributed by atoms with Gasteiger partial charge in [-0.1, -0.05) is 30.3 Å². The summed E-state index contributed by atoms with van der Waals surface area (Å²) in [7, 11) is 0.799. The maximum Gasteiger partial charge on any atom is 0.251 e. The maximum atomic E-state index is 12.5. The van der Waals surface area contributed by atoms with Gasteiger partial charge in [-0.15, -0.1) is 0 Å². The van der Waals surface area contributed by atoms with Crippen molar-refractivity contribution in [2.45, 2.75) is 10.9 Å². The first-order chi connectivity index (χ1) is 11.3. The van der Waals surface area contributed by atoms with Crippen LogP contribution in [0.3, 0.4) is 0 Å². The van der Waals surface area contributed by atoms with Gasteiger partial charge in [-0.25, -0.2) is 8.42 Å². The zero-order chi connectivity index (χ0) is 17.7. The fourth-order valence-electron chi connectivity index (χ4n) is 2.44. The molecule has 0 aromatic heterocycles. The van der Waals surface area contributed by atoms with Crippen molar-refractivity contribution in [3.8, 4) is 0 Å². The number of nitrogens with one attached hydrogen (secondary N) is 2. The van der Waals surface area contributed by atoms with E-state index in [9.17, 15) is 13.2 Å². The summed E-state index contributed by atoms with van der Waals surface area (Å²) in [5.74, 6) is -0.217. The van der Waals surface area contributed by atoms with Gasteiger partial charge in [-0.05, 0) is 29.8 Å². The highest BCUT2D eigenvalue weighted by atomic mass is 32.2. The van der Waals surface area contributed by atoms with Crippen molar-refractivity contribution >= 4 is 15.7 Å². The average Bonchev–Trinajstić information content (AvgIpc) is 2.54. The third kappa shape index (κ3) is 4.91. The largest absolute Gasteiger partial charge is 0.340 e. The SMILES string of the molecule is C[NH+](C)C[C@@H](NC(=O)c1ccc(S(C)(=O)=O)cc1)c1ccccc1. The molecule has 0 saturated heterocycles. The van der Waals surface area contributed by atoms with Crippen molar-refractivity contribution in [3.05, 3.63) is 65.7 Å². The van der Waals surface area contributed by atoms with Crippen molar-refractivity contribution in [1.82, 2.24) is 5.32 Å². The Labute approximate surface area is 143 Å². The zero-order valence-corrected chi connectivity index (χ0v) is 14.9. The van der Waals surface area contributed by atoms with E-state index in [2.05, 4.69) is 5.32 Å². The summed E-state index contributed by atoms with van der Waals surface area (Å²) in [4.78, 5) is 13.9. The number of likely N-dealkylation sites (N-methyl/N-ethyl adjacent to an activating group) is 1. The fraction of sp³-hybridized carbons (Fsp3) is 0.278. The number of carbonyl (C=O) groups excluding carboxylic acids is 1. The van der Waals surface area contributed by atoms with Gasteiger partial charge < -0.3 is 10.2 Å². The summed E-state index contributed by atoms with van der Waals surface area (Å²) in [6.07, 6.45) is 1.15. The number of hydrogen-bond acceptors (Lipinski definition) is 3. The maximum absolute atomic E-state index is 12.5. The third-order valence-corrected chi connectivity index (χ3v) is 4.79. The van der Waals surface area contributed by atoms with Crippen LogP contribution in [-0.2, 0) is 9.84 Å². The lowest BCUT2D eigenvalue weighted by molar-refractivity contribution is -0.860. The molecule has 0 saturated carbocycles. The van der Waals surface area contributed by atoms with Gasteiger partial charge in [0, 0.05) is 11.8 Å². The lowest BCUT2D eigenvalue weighted by atomic mass is 10.1. The van der Waals surface area contributed by atoms with Crippen LogP contribution in [0, 0.1) is 0 Å². The summed E-state index contributed by atoms with van der Waals surface area (Å²) in [6.45, 7) is 0.747. The summed E-state index contributed by atoms with van der Waals surface area (Å²) < 4.78 is 23.0. The van der Waals surface area contributed by atoms with Gasteiger partial charge in [-0.3, -0.25) is 4.79 Å². The van der Waals surface area contributed by atoms with E-state index in [0.29, 0.717) is 5.56 Å². The molecule has 24 heavy (non-hydrogen) atoms. The van der Waals surface area contributed by atoms with Gasteiger partial charge >= 0.3 is 0 Å². The minimum Gasteiger partial charge on any atom is -0.340 e. The van der Waals surface area contributed by atoms with E-state index < -0.39 is 9.84 Å². The molecule has 2 aromatic rings. The number of quaternary nitrogens is 1. The smallest absolute Gasteiger partial charge is 0.251 e. The molecule has 1 atom stereocenters. The second-order valence-corrected chi connectivity index (χ2v) is 8.16. The number of rotatable bonds is 6. The number of benzene rings is 2. The normalized spacial score (nSPS) is 12.8. The monoisotopic (exact) mass is 347 g/mol. The average molecular weight is 347 g/mol. The predicted molar refractivity (Wildman–Crippen MR) is 93.9 cm³/mol. The molecule has 0 bridgehead atoms. The molecule has 6 heteroatoms. The van der Waals surface area contributed by atoms with Crippen LogP contribution in [0.2, 0.25) is 0 Å². The molecule has 2 rings (SSSR count). The third-order valence-electron chi connectivity index (χ3n) is 3.66. The highest BCUT2D eigenvalue weighted by Crippen LogP contribution is 2.14. The number of hydrogen-bond donors (Lipinski definition) is 2. The second kappa shape index (κ2) is 7.59. The molecule has 2 aromatic carbocycles. The Kier molecular flexibility index (Phi) is 5.75. The van der Waals surface area contributed by atoms with Crippen LogP contribution in [-0.4, -0.2) is 41.2 Å². The Bertz CT molecular complexity index is 785. The van der Waals surface area contributed by atoms with Crippen LogP contribution in [0.5, 0.6) is 0 Å². The van der Waals surface area contributed by atoms with Gasteiger partial charge in [0.15, 0.2) is 9.84 Å². The molecule has 128 valence electrons. The van der Waals surface area contributed by atoms with Crippen LogP contribution in [0.15, 0.2) is 59.5 Å². The van der Waals surface area contributed by atoms with Crippen molar-refractivity contribution in [1.29, 1.82) is 0 Å². The van der Waals surface area contributed by atoms with Crippen molar-refractivity contribution in [2.75, 3.05) is 26.9 Å². The van der Waals surface area contributed by atoms with Gasteiger partial charge in [0.1, 0.15) is 12.6 Å². The molecule has 0 heterocycles. The Morgan fingerprint density at radius 3 is 2.12 bits per heavy atom. The minimum absolute atomic E-state index is 0.113. The molecular formula is C18H23N2O3S+. The first kappa shape index (κ1) is 18.2. The predicted octanol–water partition coefficient (Wildman–Crippen LogP) is 0.706. The quantitative estimate of drug-likeness (QED) is 0.809. The van der Waals surface area contributed by atoms with E-state index in [1.165, 1.54) is 29.2 Å². The van der Waals surface area contributed by atoms with Crippen LogP contribution in [0.1, 0.15) is 22.0 Å². The minimum atomic E-state index is -3.26. The molecule has 5 nitrogen and oxygen atoms in total. The Morgan fingerprint density at radius 1 is 1.04 bits per heavy atom. The first-order valence-corrected chi connectivity index (χ1v) is 9.61. The van der Waals surface area contributed by atoms with Crippen LogP contribution in [0.4, 0.5) is 0 Å². The molecular weight excluding hydrogens is 324 g/mol. The Hall–Kier alpha value is -2.18. The van der Waals surface area contributed by atoms with Crippen molar-refractivity contribution < 1.29 is 18.1 Å². The van der Waals surface area contributed by atoms with Gasteiger partial charge in [0.05, 0.1) is 19.0 Å². The highest BCUT2D eigenvalue weighted by Gasteiger charge is 2.19. The van der Waals surface area contributed by atoms with Crippen molar-refractivity contribution in [3.63, 3.8) is 0 Å². The molecule has 0 unspecified atom stereocenters. The molecule has 0 radical (unpaired) electrons. The standard InChI is InChI=1S/C18H22N2O3S/c1-20(2)13-17(14-7-5-4-6-8-14)19-18(21)15-9-11-16(12-10-15)24(3,22)23/h4-12,17H,13H2,1-3H3,(H,19,21)/p+1/t17-/m1/s1. The molecule has 2 N–H and O–H groups in total. The van der Waals surface area contributed by atoms with Crippen LogP contribution in [0.25, 0.3) is 0 Å². The second-order valence-electron chi connectivity index (χ2n) is 6.14. The number of sulfone groups is 1. The van der Waals surface area contributed by atoms with E-state index in [4.69, 9.17) is 0 Å². The molecule has 0 aliphatic carbocycles. The molecule has 0 spiro atoms. The van der Waals surface area contributed by atoms with E-state index in [1.54, 1.807) is 0 Å². The van der Waals surface area contributed by atoms with Gasteiger partial charge in [0.2, 0.25) is 0 Å². The molecule has 0 aliphatic rings. The van der Waals surface area contributed by atoms with E-state index in [1.807, 2.05) is 44.4 Å². The summed E-state index contributed by atoms with van der Waals surface area (Å²) >= 11 is 0. The van der Waals surface area contributed by atoms with Gasteiger partial charge in [-0.2, -0.15) is 0 Å². The van der Waals surface area contributed by atoms with E-state index in [0.717, 1.165) is 18.4 Å². The van der Waals surface area contributed by atoms with Gasteiger partial charge in [0.25, 0.3) is 5.91 Å². The Balaban J connectivity index is 2.18. The number of carbonyl (C=O) groups is 1. The lowest BCUT2D eigenvalue weighted by Crippen LogP contribution is -3.06. The van der Waals surface area contributed by atoms with E-state index in [-0.39, 0.29) is 16.8 Å². The fourth-order valence-corrected chi connectivity index (χ4v) is 3.07. The Morgan fingerprint density at radius 2 is 1.62 bits per heavy atom. The molecule has 0 fully saturated rings. The zero-order valence-electron chi connectivity index (χ0n) is 14.1. The number of amides is 1. The van der Waals surface area contributed by atoms with E-state index >= 15 is 0 Å². The molecule has 0 aliphatic heterocycles. The highest BCUT2D eigenvalue weighted by molar-refractivity contribution is 7.90. The summed E-state index contributed by atoms with van der Waals surface area (Å²) in [6, 6.07) is 15.7. The molecule has 1 amide bonds. The summed E-state index contributed by atoms with van der Waals surface area (Å²) in [5.41, 5.74) is 1.48. The van der Waals surface area contributed by atoms with Crippen LogP contribution < -0.4 is 10.2 Å². The van der Waals surface area contributed by atoms with Crippen LogP contribution >= 0.6 is 0 Å². The lowest BCUT2D eigenvalue weighted by Gasteiger charge is -2.21. The first-order valence-electron chi connectivity index (χ1n) is 7.72. The topological polar surface area (TPSA) is 67.7 Å². The van der Waals surface area contributed by atoms with Crippen molar-refractivity contribution in [2.24, 2.45) is 0 Å².